The maximum atomic E-state index is 8.86. The summed E-state index contributed by atoms with van der Waals surface area (Å²) in [6, 6.07) is 15.2. The zero-order valence-corrected chi connectivity index (χ0v) is 15.4. The van der Waals surface area contributed by atoms with Gasteiger partial charge in [0, 0.05) is 18.3 Å². The van der Waals surface area contributed by atoms with Crippen LogP contribution < -0.4 is 20.1 Å². The van der Waals surface area contributed by atoms with Crippen molar-refractivity contribution in [3.63, 3.8) is 0 Å². The van der Waals surface area contributed by atoms with Crippen molar-refractivity contribution in [3.8, 4) is 17.6 Å². The van der Waals surface area contributed by atoms with E-state index in [9.17, 15) is 0 Å². The molecule has 0 unspecified atom stereocenters. The molecular formula is C20H24N4O2. The van der Waals surface area contributed by atoms with E-state index < -0.39 is 0 Å². The van der Waals surface area contributed by atoms with E-state index in [2.05, 4.69) is 21.7 Å². The van der Waals surface area contributed by atoms with E-state index in [0.29, 0.717) is 36.2 Å². The molecule has 2 aromatic rings. The number of hydrogen-bond acceptors (Lipinski definition) is 4. The fourth-order valence-corrected chi connectivity index (χ4v) is 2.32. The highest BCUT2D eigenvalue weighted by molar-refractivity contribution is 5.93. The summed E-state index contributed by atoms with van der Waals surface area (Å²) < 4.78 is 10.9. The van der Waals surface area contributed by atoms with Crippen LogP contribution >= 0.6 is 0 Å². The van der Waals surface area contributed by atoms with Gasteiger partial charge in [0.25, 0.3) is 0 Å². The topological polar surface area (TPSA) is 78.7 Å². The molecule has 0 radical (unpaired) electrons. The summed E-state index contributed by atoms with van der Waals surface area (Å²) >= 11 is 0. The monoisotopic (exact) mass is 352 g/mol. The number of anilines is 1. The maximum Gasteiger partial charge on any atom is 0.196 e. The normalized spacial score (nSPS) is 10.8. The first-order valence-electron chi connectivity index (χ1n) is 8.55. The van der Waals surface area contributed by atoms with E-state index in [1.807, 2.05) is 44.2 Å². The average Bonchev–Trinajstić information content (AvgIpc) is 2.67. The van der Waals surface area contributed by atoms with Crippen molar-refractivity contribution in [1.29, 1.82) is 5.26 Å². The van der Waals surface area contributed by atoms with Crippen LogP contribution in [0.3, 0.4) is 0 Å². The second-order valence-electron chi connectivity index (χ2n) is 5.43. The van der Waals surface area contributed by atoms with Gasteiger partial charge in [0.1, 0.15) is 0 Å². The van der Waals surface area contributed by atoms with Crippen LogP contribution in [0, 0.1) is 11.3 Å². The lowest BCUT2D eigenvalue weighted by atomic mass is 10.1. The Kier molecular flexibility index (Phi) is 7.31. The van der Waals surface area contributed by atoms with Gasteiger partial charge in [-0.2, -0.15) is 5.26 Å². The molecule has 2 aromatic carbocycles. The maximum absolute atomic E-state index is 8.86. The lowest BCUT2D eigenvalue weighted by Gasteiger charge is -2.14. The Bertz CT molecular complexity index is 779. The molecule has 6 nitrogen and oxygen atoms in total. The second-order valence-corrected chi connectivity index (χ2v) is 5.43. The van der Waals surface area contributed by atoms with Crippen molar-refractivity contribution in [2.24, 2.45) is 4.99 Å². The molecule has 0 amide bonds. The number of nitrogens with one attached hydrogen (secondary N) is 2. The molecule has 0 aromatic heterocycles. The lowest BCUT2D eigenvalue weighted by Crippen LogP contribution is -2.30. The standard InChI is InChI=1S/C20H24N4O2/c1-4-22-20(23-14-16-8-6-15(13-21)7-9-16)24-17-10-11-18(25-3)19(12-17)26-5-2/h6-12H,4-5,14H2,1-3H3,(H2,22,23,24). The van der Waals surface area contributed by atoms with Gasteiger partial charge in [-0.1, -0.05) is 12.1 Å². The zero-order valence-electron chi connectivity index (χ0n) is 15.4. The van der Waals surface area contributed by atoms with Gasteiger partial charge in [-0.15, -0.1) is 0 Å². The highest BCUT2D eigenvalue weighted by atomic mass is 16.5. The molecule has 0 aliphatic carbocycles. The summed E-state index contributed by atoms with van der Waals surface area (Å²) in [5, 5.41) is 15.4. The summed E-state index contributed by atoms with van der Waals surface area (Å²) in [7, 11) is 1.62. The van der Waals surface area contributed by atoms with Crippen LogP contribution in [-0.4, -0.2) is 26.2 Å². The van der Waals surface area contributed by atoms with Crippen LogP contribution in [0.4, 0.5) is 5.69 Å². The Morgan fingerprint density at radius 2 is 1.88 bits per heavy atom. The van der Waals surface area contributed by atoms with Gasteiger partial charge < -0.3 is 20.1 Å². The second kappa shape index (κ2) is 9.94. The van der Waals surface area contributed by atoms with Crippen LogP contribution in [0.2, 0.25) is 0 Å². The van der Waals surface area contributed by atoms with E-state index in [-0.39, 0.29) is 0 Å². The van der Waals surface area contributed by atoms with Gasteiger partial charge in [0.05, 0.1) is 31.9 Å². The third-order valence-electron chi connectivity index (χ3n) is 3.57. The van der Waals surface area contributed by atoms with E-state index >= 15 is 0 Å². The third-order valence-corrected chi connectivity index (χ3v) is 3.57. The molecule has 6 heteroatoms. The molecule has 0 bridgehead atoms. The van der Waals surface area contributed by atoms with Crippen LogP contribution in [-0.2, 0) is 6.54 Å². The predicted molar refractivity (Wildman–Crippen MR) is 104 cm³/mol. The first-order chi connectivity index (χ1) is 12.7. The molecule has 0 heterocycles. The lowest BCUT2D eigenvalue weighted by molar-refractivity contribution is 0.311. The SMILES string of the molecule is CCNC(=NCc1ccc(C#N)cc1)Nc1ccc(OC)c(OCC)c1. The Morgan fingerprint density at radius 1 is 1.12 bits per heavy atom. The molecule has 0 aliphatic rings. The Labute approximate surface area is 154 Å². The molecule has 0 saturated heterocycles. The van der Waals surface area contributed by atoms with Crippen LogP contribution in [0.25, 0.3) is 0 Å². The minimum atomic E-state index is 0.509. The summed E-state index contributed by atoms with van der Waals surface area (Å²) in [5.74, 6) is 2.05. The molecule has 2 N–H and O–H groups in total. The first kappa shape index (κ1) is 19.1. The van der Waals surface area contributed by atoms with Crippen molar-refractivity contribution in [1.82, 2.24) is 5.32 Å². The summed E-state index contributed by atoms with van der Waals surface area (Å²) in [6.45, 7) is 5.76. The minimum absolute atomic E-state index is 0.509. The number of benzene rings is 2. The van der Waals surface area contributed by atoms with Gasteiger partial charge in [-0.25, -0.2) is 4.99 Å². The smallest absolute Gasteiger partial charge is 0.196 e. The van der Waals surface area contributed by atoms with E-state index in [0.717, 1.165) is 17.8 Å². The van der Waals surface area contributed by atoms with Gasteiger partial charge in [-0.3, -0.25) is 0 Å². The van der Waals surface area contributed by atoms with Gasteiger partial charge in [-0.05, 0) is 43.7 Å². The highest BCUT2D eigenvalue weighted by Gasteiger charge is 2.07. The predicted octanol–water partition coefficient (Wildman–Crippen LogP) is 3.54. The Morgan fingerprint density at radius 3 is 2.50 bits per heavy atom. The van der Waals surface area contributed by atoms with Crippen molar-refractivity contribution < 1.29 is 9.47 Å². The fraction of sp³-hybridized carbons (Fsp3) is 0.300. The van der Waals surface area contributed by atoms with E-state index in [4.69, 9.17) is 14.7 Å². The summed E-state index contributed by atoms with van der Waals surface area (Å²) in [6.07, 6.45) is 0. The number of hydrogen-bond donors (Lipinski definition) is 2. The number of nitriles is 1. The average molecular weight is 352 g/mol. The third kappa shape index (κ3) is 5.42. The first-order valence-corrected chi connectivity index (χ1v) is 8.55. The molecule has 0 fully saturated rings. The molecule has 0 spiro atoms. The molecule has 0 atom stereocenters. The van der Waals surface area contributed by atoms with Gasteiger partial charge >= 0.3 is 0 Å². The van der Waals surface area contributed by atoms with Gasteiger partial charge in [0.2, 0.25) is 0 Å². The minimum Gasteiger partial charge on any atom is -0.493 e. The molecule has 0 aliphatic heterocycles. The Hall–Kier alpha value is -3.20. The van der Waals surface area contributed by atoms with Crippen LogP contribution in [0.15, 0.2) is 47.5 Å². The van der Waals surface area contributed by atoms with Gasteiger partial charge in [0.15, 0.2) is 17.5 Å². The number of nitrogens with zero attached hydrogens (tertiary/aromatic N) is 2. The van der Waals surface area contributed by atoms with Crippen molar-refractivity contribution in [3.05, 3.63) is 53.6 Å². The molecule has 26 heavy (non-hydrogen) atoms. The molecule has 0 saturated carbocycles. The summed E-state index contributed by atoms with van der Waals surface area (Å²) in [5.41, 5.74) is 2.53. The number of aliphatic imine (C=N–C) groups is 1. The van der Waals surface area contributed by atoms with E-state index in [1.54, 1.807) is 19.2 Å². The number of guanidine groups is 1. The van der Waals surface area contributed by atoms with Crippen LogP contribution in [0.1, 0.15) is 25.0 Å². The van der Waals surface area contributed by atoms with Crippen molar-refractivity contribution in [2.45, 2.75) is 20.4 Å². The zero-order chi connectivity index (χ0) is 18.8. The van der Waals surface area contributed by atoms with Crippen molar-refractivity contribution >= 4 is 11.6 Å². The number of ether oxygens (including phenoxy) is 2. The highest BCUT2D eigenvalue weighted by Crippen LogP contribution is 2.30. The largest absolute Gasteiger partial charge is 0.493 e. The van der Waals surface area contributed by atoms with Crippen LogP contribution in [0.5, 0.6) is 11.5 Å². The molecule has 136 valence electrons. The number of rotatable bonds is 7. The fourth-order valence-electron chi connectivity index (χ4n) is 2.32. The number of methoxy groups -OCH3 is 1. The quantitative estimate of drug-likeness (QED) is 0.588. The van der Waals surface area contributed by atoms with E-state index in [1.165, 1.54) is 0 Å². The summed E-state index contributed by atoms with van der Waals surface area (Å²) in [4.78, 5) is 4.59. The molecule has 2 rings (SSSR count). The molecular weight excluding hydrogens is 328 g/mol. The Balaban J connectivity index is 2.13. The van der Waals surface area contributed by atoms with Crippen molar-refractivity contribution in [2.75, 3.05) is 25.6 Å².